The van der Waals surface area contributed by atoms with Crippen molar-refractivity contribution in [3.8, 4) is 5.75 Å². The van der Waals surface area contributed by atoms with E-state index in [1.807, 2.05) is 0 Å². The zero-order valence-corrected chi connectivity index (χ0v) is 14.2. The fourth-order valence-corrected chi connectivity index (χ4v) is 1.85. The van der Waals surface area contributed by atoms with Gasteiger partial charge >= 0.3 is 5.97 Å². The van der Waals surface area contributed by atoms with Crippen molar-refractivity contribution in [3.63, 3.8) is 0 Å². The maximum Gasteiger partial charge on any atom is 0.329 e. The third kappa shape index (κ3) is 9.18. The van der Waals surface area contributed by atoms with Gasteiger partial charge in [-0.1, -0.05) is 17.2 Å². The summed E-state index contributed by atoms with van der Waals surface area (Å²) in [7, 11) is 0. The first-order valence-corrected chi connectivity index (χ1v) is 7.86. The highest BCUT2D eigenvalue weighted by Gasteiger charge is 2.10. The molecule has 1 aromatic carbocycles. The average molecular weight is 369 g/mol. The molecule has 0 saturated carbocycles. The maximum absolute atomic E-state index is 10.3. The standard InChI is InChI=1S/C15H23N5O6/c16-4-5-18-15(23)11-2-1-3-12(8-11)26-9-13(19-20-17)25-7-6-24-10-14(21)22/h1-3,8,13,15,18,23H,4-7,9-10,16H2,(H,21,22). The Labute approximate surface area is 150 Å². The van der Waals surface area contributed by atoms with Crippen LogP contribution in [0.3, 0.4) is 0 Å². The molecule has 0 aliphatic carbocycles. The number of nitrogens with zero attached hydrogens (tertiary/aromatic N) is 3. The largest absolute Gasteiger partial charge is 0.491 e. The fourth-order valence-electron chi connectivity index (χ4n) is 1.85. The molecule has 0 spiro atoms. The van der Waals surface area contributed by atoms with Gasteiger partial charge in [0.25, 0.3) is 0 Å². The molecule has 144 valence electrons. The van der Waals surface area contributed by atoms with Gasteiger partial charge in [-0.05, 0) is 23.2 Å². The molecule has 26 heavy (non-hydrogen) atoms. The van der Waals surface area contributed by atoms with Gasteiger partial charge in [0.1, 0.15) is 25.2 Å². The quantitative estimate of drug-likeness (QED) is 0.120. The number of carboxylic acids is 1. The van der Waals surface area contributed by atoms with Gasteiger partial charge in [0.2, 0.25) is 0 Å². The molecule has 0 fully saturated rings. The van der Waals surface area contributed by atoms with Gasteiger partial charge in [-0.3, -0.25) is 5.32 Å². The number of rotatable bonds is 14. The molecule has 0 heterocycles. The molecule has 5 N–H and O–H groups in total. The Hall–Kier alpha value is -2.40. The van der Waals surface area contributed by atoms with Crippen molar-refractivity contribution in [1.29, 1.82) is 0 Å². The van der Waals surface area contributed by atoms with Crippen LogP contribution in [0.2, 0.25) is 0 Å². The van der Waals surface area contributed by atoms with Crippen molar-refractivity contribution in [3.05, 3.63) is 40.3 Å². The van der Waals surface area contributed by atoms with Gasteiger partial charge < -0.3 is 30.2 Å². The second kappa shape index (κ2) is 12.9. The molecule has 1 aromatic rings. The number of hydrogen-bond donors (Lipinski definition) is 4. The monoisotopic (exact) mass is 369 g/mol. The highest BCUT2D eigenvalue weighted by molar-refractivity contribution is 5.67. The molecule has 0 bridgehead atoms. The number of carboxylic acid groups (broad SMARTS) is 1. The summed E-state index contributed by atoms with van der Waals surface area (Å²) >= 11 is 0. The highest BCUT2D eigenvalue weighted by Crippen LogP contribution is 2.18. The molecular formula is C15H23N5O6. The SMILES string of the molecule is [N-]=[N+]=NC(COc1cccc(C(O)NCCN)c1)OCCOCC(=O)O. The van der Waals surface area contributed by atoms with E-state index in [0.717, 1.165) is 0 Å². The molecule has 11 nitrogen and oxygen atoms in total. The van der Waals surface area contributed by atoms with Crippen molar-refractivity contribution < 1.29 is 29.2 Å². The molecule has 2 unspecified atom stereocenters. The van der Waals surface area contributed by atoms with E-state index in [1.54, 1.807) is 24.3 Å². The lowest BCUT2D eigenvalue weighted by molar-refractivity contribution is -0.143. The summed E-state index contributed by atoms with van der Waals surface area (Å²) in [5, 5.41) is 24.7. The number of ether oxygens (including phenoxy) is 3. The zero-order chi connectivity index (χ0) is 19.2. The fraction of sp³-hybridized carbons (Fsp3) is 0.533. The Morgan fingerprint density at radius 2 is 2.23 bits per heavy atom. The van der Waals surface area contributed by atoms with E-state index in [2.05, 4.69) is 15.3 Å². The molecule has 0 amide bonds. The van der Waals surface area contributed by atoms with Crippen molar-refractivity contribution in [1.82, 2.24) is 5.32 Å². The van der Waals surface area contributed by atoms with Crippen molar-refractivity contribution in [2.24, 2.45) is 10.8 Å². The Kier molecular flexibility index (Phi) is 10.7. The maximum atomic E-state index is 10.3. The first kappa shape index (κ1) is 21.6. The van der Waals surface area contributed by atoms with Crippen LogP contribution >= 0.6 is 0 Å². The molecule has 0 radical (unpaired) electrons. The number of hydrogen-bond acceptors (Lipinski definition) is 8. The van der Waals surface area contributed by atoms with E-state index in [0.29, 0.717) is 24.4 Å². The van der Waals surface area contributed by atoms with Gasteiger partial charge in [-0.15, -0.1) is 0 Å². The van der Waals surface area contributed by atoms with E-state index >= 15 is 0 Å². The van der Waals surface area contributed by atoms with E-state index in [1.165, 1.54) is 0 Å². The lowest BCUT2D eigenvalue weighted by Gasteiger charge is -2.16. The van der Waals surface area contributed by atoms with Crippen LogP contribution in [-0.4, -0.2) is 61.9 Å². The predicted octanol–water partition coefficient (Wildman–Crippen LogP) is 0.359. The Bertz CT molecular complexity index is 596. The third-order valence-electron chi connectivity index (χ3n) is 2.99. The Balaban J connectivity index is 2.47. The number of aliphatic hydroxyl groups excluding tert-OH is 1. The second-order valence-electron chi connectivity index (χ2n) is 5.01. The number of benzene rings is 1. The van der Waals surface area contributed by atoms with Crippen LogP contribution in [0, 0.1) is 0 Å². The smallest absolute Gasteiger partial charge is 0.329 e. The summed E-state index contributed by atoms with van der Waals surface area (Å²) < 4.78 is 15.6. The minimum absolute atomic E-state index is 0.0399. The van der Waals surface area contributed by atoms with Gasteiger partial charge in [-0.2, -0.15) is 0 Å². The lowest BCUT2D eigenvalue weighted by atomic mass is 10.2. The second-order valence-corrected chi connectivity index (χ2v) is 5.01. The first-order chi connectivity index (χ1) is 12.6. The molecule has 0 saturated heterocycles. The van der Waals surface area contributed by atoms with Crippen molar-refractivity contribution in [2.45, 2.75) is 12.5 Å². The average Bonchev–Trinajstić information content (AvgIpc) is 2.63. The minimum atomic E-state index is -1.08. The highest BCUT2D eigenvalue weighted by atomic mass is 16.6. The summed E-state index contributed by atoms with van der Waals surface area (Å²) in [6.07, 6.45) is -1.78. The number of nitrogens with one attached hydrogen (secondary N) is 1. The molecule has 0 aliphatic rings. The molecule has 0 aliphatic heterocycles. The van der Waals surface area contributed by atoms with Gasteiger partial charge in [0.05, 0.1) is 13.2 Å². The molecule has 11 heteroatoms. The number of azide groups is 1. The minimum Gasteiger partial charge on any atom is -0.491 e. The summed E-state index contributed by atoms with van der Waals surface area (Å²) in [5.74, 6) is -0.622. The van der Waals surface area contributed by atoms with Crippen LogP contribution in [0.15, 0.2) is 29.4 Å². The van der Waals surface area contributed by atoms with Crippen LogP contribution in [0.25, 0.3) is 10.4 Å². The van der Waals surface area contributed by atoms with Gasteiger partial charge in [-0.25, -0.2) is 4.79 Å². The Morgan fingerprint density at radius 1 is 1.42 bits per heavy atom. The third-order valence-corrected chi connectivity index (χ3v) is 2.99. The van der Waals surface area contributed by atoms with Crippen LogP contribution in [-0.2, 0) is 14.3 Å². The number of aliphatic carboxylic acids is 1. The van der Waals surface area contributed by atoms with E-state index in [9.17, 15) is 9.90 Å². The molecule has 2 atom stereocenters. The van der Waals surface area contributed by atoms with Gasteiger partial charge in [0.15, 0.2) is 6.23 Å². The summed E-state index contributed by atoms with van der Waals surface area (Å²) in [6, 6.07) is 6.75. The van der Waals surface area contributed by atoms with Crippen LogP contribution in [0.4, 0.5) is 0 Å². The van der Waals surface area contributed by atoms with Crippen LogP contribution in [0.5, 0.6) is 5.75 Å². The van der Waals surface area contributed by atoms with Gasteiger partial charge in [0, 0.05) is 18.0 Å². The van der Waals surface area contributed by atoms with Crippen molar-refractivity contribution >= 4 is 5.97 Å². The molecule has 1 rings (SSSR count). The number of aliphatic hydroxyl groups is 1. The van der Waals surface area contributed by atoms with E-state index in [4.69, 9.17) is 30.6 Å². The molecule has 0 aromatic heterocycles. The topological polar surface area (TPSA) is 172 Å². The van der Waals surface area contributed by atoms with E-state index in [-0.39, 0.29) is 19.8 Å². The van der Waals surface area contributed by atoms with Crippen molar-refractivity contribution in [2.75, 3.05) is 39.5 Å². The van der Waals surface area contributed by atoms with Crippen LogP contribution in [0.1, 0.15) is 11.8 Å². The summed E-state index contributed by atoms with van der Waals surface area (Å²) in [5.41, 5.74) is 14.5. The van der Waals surface area contributed by atoms with E-state index < -0.39 is 25.0 Å². The number of carbonyl (C=O) groups is 1. The zero-order valence-electron chi connectivity index (χ0n) is 14.2. The molecular weight excluding hydrogens is 346 g/mol. The first-order valence-electron chi connectivity index (χ1n) is 7.86. The number of nitrogens with two attached hydrogens (primary N) is 1. The lowest BCUT2D eigenvalue weighted by Crippen LogP contribution is -2.27. The normalized spacial score (nSPS) is 12.8. The van der Waals surface area contributed by atoms with Crippen LogP contribution < -0.4 is 15.8 Å². The summed E-state index contributed by atoms with van der Waals surface area (Å²) in [4.78, 5) is 13.0. The predicted molar refractivity (Wildman–Crippen MR) is 91.3 cm³/mol. The summed E-state index contributed by atoms with van der Waals surface area (Å²) in [6.45, 7) is 0.454. The Morgan fingerprint density at radius 3 is 2.92 bits per heavy atom.